The standard InChI is InChI=1S/C10H18O4/c1-7(4-9(12)6-11)8(2)5-10(13)14-3/h7-8,11H,4-6H2,1-3H3. The Balaban J connectivity index is 3.92. The number of carbonyl (C=O) groups excluding carboxylic acids is 2. The van der Waals surface area contributed by atoms with Crippen molar-refractivity contribution in [2.75, 3.05) is 13.7 Å². The van der Waals surface area contributed by atoms with Crippen LogP contribution in [0.1, 0.15) is 26.7 Å². The number of carbonyl (C=O) groups is 2. The third-order valence-corrected chi connectivity index (χ3v) is 2.41. The summed E-state index contributed by atoms with van der Waals surface area (Å²) in [7, 11) is 1.35. The Morgan fingerprint density at radius 3 is 2.14 bits per heavy atom. The number of methoxy groups -OCH3 is 1. The van der Waals surface area contributed by atoms with Crippen LogP contribution in [0, 0.1) is 11.8 Å². The van der Waals surface area contributed by atoms with E-state index in [-0.39, 0.29) is 23.6 Å². The topological polar surface area (TPSA) is 63.6 Å². The fourth-order valence-corrected chi connectivity index (χ4v) is 1.17. The molecule has 0 aromatic carbocycles. The molecule has 0 rings (SSSR count). The lowest BCUT2D eigenvalue weighted by atomic mass is 9.89. The second-order valence-corrected chi connectivity index (χ2v) is 3.64. The largest absolute Gasteiger partial charge is 0.469 e. The molecular formula is C10H18O4. The maximum atomic E-state index is 10.9. The molecule has 2 unspecified atom stereocenters. The van der Waals surface area contributed by atoms with Crippen molar-refractivity contribution in [2.45, 2.75) is 26.7 Å². The van der Waals surface area contributed by atoms with Gasteiger partial charge in [-0.1, -0.05) is 13.8 Å². The fourth-order valence-electron chi connectivity index (χ4n) is 1.17. The van der Waals surface area contributed by atoms with E-state index in [0.717, 1.165) is 0 Å². The number of Topliss-reactive ketones (excluding diaryl/α,β-unsaturated/α-hetero) is 1. The van der Waals surface area contributed by atoms with Crippen LogP contribution in [0.5, 0.6) is 0 Å². The van der Waals surface area contributed by atoms with Gasteiger partial charge in [-0.2, -0.15) is 0 Å². The number of aliphatic hydroxyl groups is 1. The van der Waals surface area contributed by atoms with E-state index in [2.05, 4.69) is 4.74 Å². The molecule has 0 aromatic heterocycles. The van der Waals surface area contributed by atoms with E-state index in [4.69, 9.17) is 5.11 Å². The third kappa shape index (κ3) is 4.97. The van der Waals surface area contributed by atoms with Crippen LogP contribution >= 0.6 is 0 Å². The van der Waals surface area contributed by atoms with Crippen molar-refractivity contribution in [3.8, 4) is 0 Å². The summed E-state index contributed by atoms with van der Waals surface area (Å²) in [6.07, 6.45) is 0.630. The second kappa shape index (κ2) is 6.54. The van der Waals surface area contributed by atoms with Gasteiger partial charge >= 0.3 is 5.97 Å². The van der Waals surface area contributed by atoms with E-state index in [1.807, 2.05) is 13.8 Å². The number of hydrogen-bond donors (Lipinski definition) is 1. The number of hydrogen-bond acceptors (Lipinski definition) is 4. The fraction of sp³-hybridized carbons (Fsp3) is 0.800. The van der Waals surface area contributed by atoms with Crippen molar-refractivity contribution in [3.05, 3.63) is 0 Å². The molecule has 14 heavy (non-hydrogen) atoms. The van der Waals surface area contributed by atoms with E-state index in [0.29, 0.717) is 12.8 Å². The molecule has 0 heterocycles. The summed E-state index contributed by atoms with van der Waals surface area (Å²) in [5, 5.41) is 8.55. The van der Waals surface area contributed by atoms with Gasteiger partial charge in [-0.05, 0) is 11.8 Å². The first-order valence-electron chi connectivity index (χ1n) is 4.70. The number of aliphatic hydroxyl groups excluding tert-OH is 1. The van der Waals surface area contributed by atoms with Gasteiger partial charge in [0.1, 0.15) is 6.61 Å². The molecule has 1 N–H and O–H groups in total. The average Bonchev–Trinajstić information content (AvgIpc) is 2.17. The van der Waals surface area contributed by atoms with E-state index in [9.17, 15) is 9.59 Å². The van der Waals surface area contributed by atoms with Gasteiger partial charge in [0.2, 0.25) is 0 Å². The van der Waals surface area contributed by atoms with E-state index in [1.165, 1.54) is 7.11 Å². The Hall–Kier alpha value is -0.900. The Morgan fingerprint density at radius 2 is 1.71 bits per heavy atom. The van der Waals surface area contributed by atoms with E-state index < -0.39 is 6.61 Å². The molecule has 0 amide bonds. The van der Waals surface area contributed by atoms with Gasteiger partial charge in [0, 0.05) is 12.8 Å². The maximum Gasteiger partial charge on any atom is 0.305 e. The molecule has 2 atom stereocenters. The third-order valence-electron chi connectivity index (χ3n) is 2.41. The molecule has 0 fully saturated rings. The zero-order valence-corrected chi connectivity index (χ0v) is 8.95. The molecule has 82 valence electrons. The first-order valence-corrected chi connectivity index (χ1v) is 4.70. The number of ketones is 1. The summed E-state index contributed by atoms with van der Waals surface area (Å²) >= 11 is 0. The van der Waals surface area contributed by atoms with Crippen LogP contribution in [0.4, 0.5) is 0 Å². The molecule has 0 aromatic rings. The van der Waals surface area contributed by atoms with Crippen LogP contribution in [0.2, 0.25) is 0 Å². The van der Waals surface area contributed by atoms with Gasteiger partial charge < -0.3 is 9.84 Å². The zero-order chi connectivity index (χ0) is 11.1. The lowest BCUT2D eigenvalue weighted by Gasteiger charge is -2.17. The zero-order valence-electron chi connectivity index (χ0n) is 8.95. The maximum absolute atomic E-state index is 10.9. The minimum atomic E-state index is -0.421. The summed E-state index contributed by atoms with van der Waals surface area (Å²) in [6, 6.07) is 0. The Morgan fingerprint density at radius 1 is 1.21 bits per heavy atom. The minimum Gasteiger partial charge on any atom is -0.469 e. The van der Waals surface area contributed by atoms with Crippen LogP contribution < -0.4 is 0 Å². The van der Waals surface area contributed by atoms with Crippen LogP contribution in [0.25, 0.3) is 0 Å². The van der Waals surface area contributed by atoms with Crippen LogP contribution in [0.3, 0.4) is 0 Å². The highest BCUT2D eigenvalue weighted by molar-refractivity contribution is 5.79. The minimum absolute atomic E-state index is 0.0914. The number of esters is 1. The van der Waals surface area contributed by atoms with Gasteiger partial charge in [0.25, 0.3) is 0 Å². The highest BCUT2D eigenvalue weighted by Crippen LogP contribution is 2.19. The molecule has 0 spiro atoms. The lowest BCUT2D eigenvalue weighted by molar-refractivity contribution is -0.142. The van der Waals surface area contributed by atoms with Gasteiger partial charge in [-0.15, -0.1) is 0 Å². The molecule has 0 aliphatic heterocycles. The summed E-state index contributed by atoms with van der Waals surface area (Å²) in [6.45, 7) is 3.36. The Bertz CT molecular complexity index is 178. The quantitative estimate of drug-likeness (QED) is 0.646. The predicted molar refractivity (Wildman–Crippen MR) is 51.7 cm³/mol. The normalized spacial score (nSPS) is 14.6. The van der Waals surface area contributed by atoms with Gasteiger partial charge in [-0.25, -0.2) is 0 Å². The second-order valence-electron chi connectivity index (χ2n) is 3.64. The molecule has 4 nitrogen and oxygen atoms in total. The van der Waals surface area contributed by atoms with Crippen molar-refractivity contribution in [1.29, 1.82) is 0 Å². The molecule has 0 aliphatic carbocycles. The van der Waals surface area contributed by atoms with E-state index in [1.54, 1.807) is 0 Å². The monoisotopic (exact) mass is 202 g/mol. The van der Waals surface area contributed by atoms with Crippen molar-refractivity contribution in [3.63, 3.8) is 0 Å². The smallest absolute Gasteiger partial charge is 0.305 e. The van der Waals surface area contributed by atoms with E-state index >= 15 is 0 Å². The predicted octanol–water partition coefficient (Wildman–Crippen LogP) is 0.773. The number of rotatable bonds is 6. The lowest BCUT2D eigenvalue weighted by Crippen LogP contribution is -2.18. The average molecular weight is 202 g/mol. The van der Waals surface area contributed by atoms with Crippen molar-refractivity contribution < 1.29 is 19.4 Å². The molecule has 0 saturated carbocycles. The first kappa shape index (κ1) is 13.1. The van der Waals surface area contributed by atoms with Gasteiger partial charge in [0.05, 0.1) is 7.11 Å². The molecule has 0 saturated heterocycles. The highest BCUT2D eigenvalue weighted by Gasteiger charge is 2.18. The van der Waals surface area contributed by atoms with Gasteiger partial charge in [-0.3, -0.25) is 9.59 Å². The van der Waals surface area contributed by atoms with Crippen molar-refractivity contribution >= 4 is 11.8 Å². The molecule has 0 bridgehead atoms. The van der Waals surface area contributed by atoms with Crippen LogP contribution in [-0.4, -0.2) is 30.6 Å². The van der Waals surface area contributed by atoms with Crippen LogP contribution in [0.15, 0.2) is 0 Å². The van der Waals surface area contributed by atoms with Crippen LogP contribution in [-0.2, 0) is 14.3 Å². The SMILES string of the molecule is COC(=O)CC(C)C(C)CC(=O)CO. The Labute approximate surface area is 84.3 Å². The molecule has 0 radical (unpaired) electrons. The number of ether oxygens (including phenoxy) is 1. The van der Waals surface area contributed by atoms with Crippen molar-refractivity contribution in [1.82, 2.24) is 0 Å². The first-order chi connectivity index (χ1) is 6.51. The summed E-state index contributed by atoms with van der Waals surface area (Å²) in [5.41, 5.74) is 0. The molecule has 4 heteroatoms. The summed E-state index contributed by atoms with van der Waals surface area (Å²) in [4.78, 5) is 21.8. The summed E-state index contributed by atoms with van der Waals surface area (Å²) < 4.78 is 4.53. The molecule has 0 aliphatic rings. The molecular weight excluding hydrogens is 184 g/mol. The van der Waals surface area contributed by atoms with Crippen molar-refractivity contribution in [2.24, 2.45) is 11.8 Å². The highest BCUT2D eigenvalue weighted by atomic mass is 16.5. The summed E-state index contributed by atoms with van der Waals surface area (Å²) in [5.74, 6) is -0.262. The Kier molecular flexibility index (Phi) is 6.12. The van der Waals surface area contributed by atoms with Gasteiger partial charge in [0.15, 0.2) is 5.78 Å².